The second-order valence-electron chi connectivity index (χ2n) is 7.59. The predicted octanol–water partition coefficient (Wildman–Crippen LogP) is 3.35. The number of ether oxygens (including phenoxy) is 2. The average Bonchev–Trinajstić information content (AvgIpc) is 2.92. The molecule has 27 heavy (non-hydrogen) atoms. The zero-order chi connectivity index (χ0) is 18.9. The maximum atomic E-state index is 5.75. The Balaban J connectivity index is 1.38. The number of likely N-dealkylation sites (tertiary alicyclic amines) is 1. The molecule has 0 spiro atoms. The first-order valence-electron chi connectivity index (χ1n) is 10.3. The van der Waals surface area contributed by atoms with Gasteiger partial charge < -0.3 is 25.0 Å². The van der Waals surface area contributed by atoms with Crippen LogP contribution in [-0.2, 0) is 0 Å². The van der Waals surface area contributed by atoms with Crippen LogP contribution in [0.2, 0.25) is 0 Å². The van der Waals surface area contributed by atoms with Crippen molar-refractivity contribution in [3.8, 4) is 11.5 Å². The summed E-state index contributed by atoms with van der Waals surface area (Å²) in [6.07, 6.45) is 6.02. The number of nitrogens with zero attached hydrogens (tertiary/aromatic N) is 2. The van der Waals surface area contributed by atoms with Crippen molar-refractivity contribution in [1.82, 2.24) is 10.2 Å². The fourth-order valence-corrected chi connectivity index (χ4v) is 3.71. The van der Waals surface area contributed by atoms with E-state index >= 15 is 0 Å². The monoisotopic (exact) mass is 374 g/mol. The van der Waals surface area contributed by atoms with Gasteiger partial charge in [-0.25, -0.2) is 0 Å². The molecule has 1 unspecified atom stereocenters. The van der Waals surface area contributed by atoms with Crippen LogP contribution >= 0.6 is 0 Å². The Morgan fingerprint density at radius 3 is 2.85 bits per heavy atom. The molecule has 0 amide bonds. The molecule has 6 heteroatoms. The third-order valence-electron chi connectivity index (χ3n) is 5.17. The zero-order valence-corrected chi connectivity index (χ0v) is 16.8. The second kappa shape index (κ2) is 10.4. The van der Waals surface area contributed by atoms with E-state index in [4.69, 9.17) is 9.47 Å². The Labute approximate surface area is 163 Å². The largest absolute Gasteiger partial charge is 0.490 e. The summed E-state index contributed by atoms with van der Waals surface area (Å²) in [5.41, 5.74) is 0.953. The summed E-state index contributed by atoms with van der Waals surface area (Å²) in [7, 11) is 1.80. The first-order valence-corrected chi connectivity index (χ1v) is 10.3. The van der Waals surface area contributed by atoms with Crippen molar-refractivity contribution >= 4 is 11.6 Å². The van der Waals surface area contributed by atoms with Crippen molar-refractivity contribution in [2.45, 2.75) is 39.0 Å². The summed E-state index contributed by atoms with van der Waals surface area (Å²) >= 11 is 0. The van der Waals surface area contributed by atoms with Crippen molar-refractivity contribution < 1.29 is 9.47 Å². The van der Waals surface area contributed by atoms with Crippen LogP contribution in [0.4, 0.5) is 5.69 Å². The van der Waals surface area contributed by atoms with Gasteiger partial charge in [0.1, 0.15) is 0 Å². The number of rotatable bonds is 6. The highest BCUT2D eigenvalue weighted by Crippen LogP contribution is 2.32. The third-order valence-corrected chi connectivity index (χ3v) is 5.17. The quantitative estimate of drug-likeness (QED) is 0.454. The highest BCUT2D eigenvalue weighted by molar-refractivity contribution is 5.93. The Kier molecular flexibility index (Phi) is 7.63. The van der Waals surface area contributed by atoms with E-state index in [2.05, 4.69) is 27.4 Å². The molecule has 1 saturated heterocycles. The number of aliphatic imine (C=N–C) groups is 1. The van der Waals surface area contributed by atoms with E-state index in [0.29, 0.717) is 13.2 Å². The lowest BCUT2D eigenvalue weighted by Crippen LogP contribution is -2.35. The predicted molar refractivity (Wildman–Crippen MR) is 111 cm³/mol. The van der Waals surface area contributed by atoms with Crippen LogP contribution in [-0.4, -0.2) is 57.3 Å². The molecule has 0 aromatic heterocycles. The molecule has 1 aromatic carbocycles. The number of anilines is 1. The van der Waals surface area contributed by atoms with Gasteiger partial charge in [0.15, 0.2) is 17.5 Å². The van der Waals surface area contributed by atoms with Crippen molar-refractivity contribution in [2.24, 2.45) is 10.9 Å². The van der Waals surface area contributed by atoms with Gasteiger partial charge in [0, 0.05) is 38.3 Å². The molecular formula is C21H34N4O2. The van der Waals surface area contributed by atoms with E-state index < -0.39 is 0 Å². The highest BCUT2D eigenvalue weighted by Gasteiger charge is 2.15. The van der Waals surface area contributed by atoms with Crippen LogP contribution < -0.4 is 20.1 Å². The molecule has 150 valence electrons. The van der Waals surface area contributed by atoms with Crippen LogP contribution in [0, 0.1) is 5.92 Å². The summed E-state index contributed by atoms with van der Waals surface area (Å²) in [6.45, 7) is 8.43. The van der Waals surface area contributed by atoms with Crippen LogP contribution in [0.5, 0.6) is 11.5 Å². The fraction of sp³-hybridized carbons (Fsp3) is 0.667. The van der Waals surface area contributed by atoms with E-state index in [0.717, 1.165) is 48.5 Å². The third kappa shape index (κ3) is 6.31. The Morgan fingerprint density at radius 2 is 2.04 bits per heavy atom. The maximum Gasteiger partial charge on any atom is 0.195 e. The Bertz CT molecular complexity index is 620. The SMILES string of the molecule is CN=C(NCCCCN1CCCC(C)C1)Nc1ccc2c(c1)OCCCO2. The highest BCUT2D eigenvalue weighted by atomic mass is 16.5. The van der Waals surface area contributed by atoms with Crippen molar-refractivity contribution in [1.29, 1.82) is 0 Å². The van der Waals surface area contributed by atoms with Gasteiger partial charge in [-0.2, -0.15) is 0 Å². The molecular weight excluding hydrogens is 340 g/mol. The zero-order valence-electron chi connectivity index (χ0n) is 16.8. The number of fused-ring (bicyclic) bond motifs is 1. The molecule has 0 saturated carbocycles. The van der Waals surface area contributed by atoms with Gasteiger partial charge in [-0.1, -0.05) is 6.92 Å². The summed E-state index contributed by atoms with van der Waals surface area (Å²) in [4.78, 5) is 6.93. The lowest BCUT2D eigenvalue weighted by Gasteiger charge is -2.30. The van der Waals surface area contributed by atoms with E-state index in [1.54, 1.807) is 7.05 Å². The van der Waals surface area contributed by atoms with Gasteiger partial charge in [-0.3, -0.25) is 4.99 Å². The van der Waals surface area contributed by atoms with Gasteiger partial charge >= 0.3 is 0 Å². The lowest BCUT2D eigenvalue weighted by atomic mass is 10.0. The molecule has 6 nitrogen and oxygen atoms in total. The van der Waals surface area contributed by atoms with Crippen LogP contribution in [0.25, 0.3) is 0 Å². The summed E-state index contributed by atoms with van der Waals surface area (Å²) in [5, 5.41) is 6.74. The first-order chi connectivity index (χ1) is 13.2. The minimum atomic E-state index is 0.694. The van der Waals surface area contributed by atoms with Crippen LogP contribution in [0.15, 0.2) is 23.2 Å². The number of benzene rings is 1. The molecule has 2 heterocycles. The average molecular weight is 375 g/mol. The molecule has 2 N–H and O–H groups in total. The Hall–Kier alpha value is -1.95. The second-order valence-corrected chi connectivity index (χ2v) is 7.59. The van der Waals surface area contributed by atoms with Crippen molar-refractivity contribution in [2.75, 3.05) is 51.8 Å². The van der Waals surface area contributed by atoms with E-state index in [1.165, 1.54) is 38.9 Å². The molecule has 0 bridgehead atoms. The molecule has 0 radical (unpaired) electrons. The molecule has 2 aliphatic rings. The standard InChI is InChI=1S/C21H34N4O2/c1-17-7-5-12-25(16-17)11-4-3-10-23-21(22-2)24-18-8-9-19-20(15-18)27-14-6-13-26-19/h8-9,15,17H,3-7,10-14,16H2,1-2H3,(H2,22,23,24). The number of hydrogen-bond acceptors (Lipinski definition) is 4. The summed E-state index contributed by atoms with van der Waals surface area (Å²) in [5.74, 6) is 3.25. The van der Waals surface area contributed by atoms with E-state index in [1.807, 2.05) is 18.2 Å². The Morgan fingerprint density at radius 1 is 1.19 bits per heavy atom. The molecule has 2 aliphatic heterocycles. The van der Waals surface area contributed by atoms with Gasteiger partial charge in [0.2, 0.25) is 0 Å². The lowest BCUT2D eigenvalue weighted by molar-refractivity contribution is 0.181. The van der Waals surface area contributed by atoms with E-state index in [-0.39, 0.29) is 0 Å². The van der Waals surface area contributed by atoms with Gasteiger partial charge in [0.05, 0.1) is 13.2 Å². The molecule has 0 aliphatic carbocycles. The van der Waals surface area contributed by atoms with Crippen molar-refractivity contribution in [3.63, 3.8) is 0 Å². The summed E-state index contributed by atoms with van der Waals surface area (Å²) < 4.78 is 11.4. The fourth-order valence-electron chi connectivity index (χ4n) is 3.71. The number of nitrogens with one attached hydrogen (secondary N) is 2. The first kappa shape index (κ1) is 19.8. The van der Waals surface area contributed by atoms with E-state index in [9.17, 15) is 0 Å². The smallest absolute Gasteiger partial charge is 0.195 e. The van der Waals surface area contributed by atoms with Crippen molar-refractivity contribution in [3.05, 3.63) is 18.2 Å². The topological polar surface area (TPSA) is 58.1 Å². The van der Waals surface area contributed by atoms with Gasteiger partial charge in [-0.15, -0.1) is 0 Å². The molecule has 3 rings (SSSR count). The minimum Gasteiger partial charge on any atom is -0.490 e. The van der Waals surface area contributed by atoms with Gasteiger partial charge in [-0.05, 0) is 56.8 Å². The maximum absolute atomic E-state index is 5.75. The number of piperidine rings is 1. The number of hydrogen-bond donors (Lipinski definition) is 2. The number of guanidine groups is 1. The molecule has 1 aromatic rings. The van der Waals surface area contributed by atoms with Gasteiger partial charge in [0.25, 0.3) is 0 Å². The molecule has 1 atom stereocenters. The number of unbranched alkanes of at least 4 members (excludes halogenated alkanes) is 1. The minimum absolute atomic E-state index is 0.694. The van der Waals surface area contributed by atoms with Crippen LogP contribution in [0.1, 0.15) is 39.0 Å². The van der Waals surface area contributed by atoms with Crippen LogP contribution in [0.3, 0.4) is 0 Å². The molecule has 1 fully saturated rings. The summed E-state index contributed by atoms with van der Waals surface area (Å²) in [6, 6.07) is 5.93. The normalized spacial score (nSPS) is 20.8.